The average Bonchev–Trinajstić information content (AvgIpc) is 3.05. The predicted octanol–water partition coefficient (Wildman–Crippen LogP) is 2.04. The number of amides is 1. The summed E-state index contributed by atoms with van der Waals surface area (Å²) in [4.78, 5) is 13.8. The molecule has 0 unspecified atom stereocenters. The number of ether oxygens (including phenoxy) is 3. The Morgan fingerprint density at radius 2 is 2.15 bits per heavy atom. The summed E-state index contributed by atoms with van der Waals surface area (Å²) in [5, 5.41) is 6.82. The standard InChI is InChI=1S/C18H26N4O4S/c1-18(2,3)26-17(23)22-8-7-12(11(19)9-22)20-16(27)21-13-5-4-6-14-15(13)25-10-24-14/h4-6,11-12H,7-10,19H2,1-3H3,(H2,20,21,27)/t11-,12+/m1/s1. The number of anilines is 1. The molecule has 8 nitrogen and oxygen atoms in total. The normalized spacial score (nSPS) is 21.6. The molecule has 2 aliphatic heterocycles. The van der Waals surface area contributed by atoms with Gasteiger partial charge >= 0.3 is 6.09 Å². The van der Waals surface area contributed by atoms with Crippen LogP contribution in [0.1, 0.15) is 27.2 Å². The molecule has 1 aromatic rings. The zero-order valence-corrected chi connectivity index (χ0v) is 16.6. The molecular weight excluding hydrogens is 368 g/mol. The van der Waals surface area contributed by atoms with Crippen LogP contribution in [0, 0.1) is 0 Å². The van der Waals surface area contributed by atoms with Gasteiger partial charge in [0.05, 0.1) is 5.69 Å². The first-order chi connectivity index (χ1) is 12.7. The van der Waals surface area contributed by atoms with Gasteiger partial charge in [-0.25, -0.2) is 4.79 Å². The van der Waals surface area contributed by atoms with Crippen LogP contribution in [-0.4, -0.2) is 53.7 Å². The molecule has 9 heteroatoms. The molecule has 2 atom stereocenters. The molecule has 0 saturated carbocycles. The number of fused-ring (bicyclic) bond motifs is 1. The number of para-hydroxylation sites is 1. The van der Waals surface area contributed by atoms with E-state index < -0.39 is 5.60 Å². The van der Waals surface area contributed by atoms with Crippen LogP contribution in [0.5, 0.6) is 11.5 Å². The van der Waals surface area contributed by atoms with Crippen LogP contribution in [0.2, 0.25) is 0 Å². The quantitative estimate of drug-likeness (QED) is 0.656. The molecule has 148 valence electrons. The third kappa shape index (κ3) is 4.92. The van der Waals surface area contributed by atoms with Crippen LogP contribution >= 0.6 is 12.2 Å². The molecular formula is C18H26N4O4S. The number of nitrogens with zero attached hydrogens (tertiary/aromatic N) is 1. The van der Waals surface area contributed by atoms with Gasteiger partial charge in [0.15, 0.2) is 16.6 Å². The molecule has 0 aliphatic carbocycles. The van der Waals surface area contributed by atoms with Gasteiger partial charge in [0.25, 0.3) is 0 Å². The monoisotopic (exact) mass is 394 g/mol. The molecule has 2 heterocycles. The van der Waals surface area contributed by atoms with Crippen molar-refractivity contribution in [2.24, 2.45) is 5.73 Å². The molecule has 1 aromatic carbocycles. The van der Waals surface area contributed by atoms with E-state index in [2.05, 4.69) is 10.6 Å². The van der Waals surface area contributed by atoms with Gasteiger partial charge in [-0.15, -0.1) is 0 Å². The van der Waals surface area contributed by atoms with Gasteiger partial charge in [-0.1, -0.05) is 6.07 Å². The number of hydrogen-bond donors (Lipinski definition) is 3. The first-order valence-corrected chi connectivity index (χ1v) is 9.33. The first kappa shape index (κ1) is 19.5. The number of benzene rings is 1. The second-order valence-electron chi connectivity index (χ2n) is 7.62. The number of nitrogens with one attached hydrogen (secondary N) is 2. The maximum atomic E-state index is 12.2. The Balaban J connectivity index is 1.53. The summed E-state index contributed by atoms with van der Waals surface area (Å²) in [6, 6.07) is 5.27. The molecule has 3 rings (SSSR count). The Morgan fingerprint density at radius 3 is 2.85 bits per heavy atom. The SMILES string of the molecule is CC(C)(C)OC(=O)N1CC[C@H](NC(=S)Nc2cccc3c2OCO3)[C@H](N)C1. The number of carbonyl (C=O) groups is 1. The van der Waals surface area contributed by atoms with Gasteiger partial charge < -0.3 is 35.5 Å². The van der Waals surface area contributed by atoms with Crippen molar-refractivity contribution in [2.75, 3.05) is 25.2 Å². The van der Waals surface area contributed by atoms with Crippen molar-refractivity contribution in [3.63, 3.8) is 0 Å². The molecule has 1 amide bonds. The van der Waals surface area contributed by atoms with E-state index in [1.165, 1.54) is 0 Å². The molecule has 1 fully saturated rings. The highest BCUT2D eigenvalue weighted by atomic mass is 32.1. The molecule has 1 saturated heterocycles. The summed E-state index contributed by atoms with van der Waals surface area (Å²) in [7, 11) is 0. The van der Waals surface area contributed by atoms with E-state index in [1.807, 2.05) is 39.0 Å². The first-order valence-electron chi connectivity index (χ1n) is 8.92. The summed E-state index contributed by atoms with van der Waals surface area (Å²) in [6.07, 6.45) is 0.337. The molecule has 0 aromatic heterocycles. The second kappa shape index (κ2) is 7.77. The van der Waals surface area contributed by atoms with E-state index in [1.54, 1.807) is 4.90 Å². The van der Waals surface area contributed by atoms with Gasteiger partial charge in [0.2, 0.25) is 6.79 Å². The molecule has 27 heavy (non-hydrogen) atoms. The van der Waals surface area contributed by atoms with Crippen LogP contribution < -0.4 is 25.8 Å². The van der Waals surface area contributed by atoms with Crippen molar-refractivity contribution in [1.29, 1.82) is 0 Å². The van der Waals surface area contributed by atoms with Crippen LogP contribution in [0.25, 0.3) is 0 Å². The fourth-order valence-electron chi connectivity index (χ4n) is 3.01. The maximum Gasteiger partial charge on any atom is 0.410 e. The van der Waals surface area contributed by atoms with Crippen molar-refractivity contribution in [2.45, 2.75) is 44.9 Å². The minimum atomic E-state index is -0.524. The van der Waals surface area contributed by atoms with Gasteiger partial charge in [0, 0.05) is 25.2 Å². The minimum Gasteiger partial charge on any atom is -0.454 e. The summed E-state index contributed by atoms with van der Waals surface area (Å²) < 4.78 is 16.2. The number of rotatable bonds is 2. The minimum absolute atomic E-state index is 0.0439. The largest absolute Gasteiger partial charge is 0.454 e. The highest BCUT2D eigenvalue weighted by molar-refractivity contribution is 7.80. The smallest absolute Gasteiger partial charge is 0.410 e. The highest BCUT2D eigenvalue weighted by Gasteiger charge is 2.32. The van der Waals surface area contributed by atoms with E-state index in [-0.39, 0.29) is 25.0 Å². The van der Waals surface area contributed by atoms with Crippen molar-refractivity contribution in [3.8, 4) is 11.5 Å². The number of likely N-dealkylation sites (tertiary alicyclic amines) is 1. The summed E-state index contributed by atoms with van der Waals surface area (Å²) in [6.45, 7) is 6.70. The summed E-state index contributed by atoms with van der Waals surface area (Å²) >= 11 is 5.41. The maximum absolute atomic E-state index is 12.2. The molecule has 0 radical (unpaired) electrons. The zero-order valence-electron chi connectivity index (χ0n) is 15.8. The van der Waals surface area contributed by atoms with Gasteiger partial charge in [-0.05, 0) is 51.5 Å². The van der Waals surface area contributed by atoms with Crippen LogP contribution in [0.3, 0.4) is 0 Å². The molecule has 4 N–H and O–H groups in total. The zero-order chi connectivity index (χ0) is 19.6. The van der Waals surface area contributed by atoms with E-state index in [4.69, 9.17) is 32.2 Å². The van der Waals surface area contributed by atoms with Crippen molar-refractivity contribution < 1.29 is 19.0 Å². The number of nitrogens with two attached hydrogens (primary N) is 1. The Labute approximate surface area is 164 Å². The van der Waals surface area contributed by atoms with Crippen molar-refractivity contribution in [3.05, 3.63) is 18.2 Å². The van der Waals surface area contributed by atoms with Gasteiger partial charge in [-0.2, -0.15) is 0 Å². The summed E-state index contributed by atoms with van der Waals surface area (Å²) in [5.74, 6) is 1.33. The molecule has 2 aliphatic rings. The van der Waals surface area contributed by atoms with Gasteiger partial charge in [-0.3, -0.25) is 0 Å². The van der Waals surface area contributed by atoms with E-state index >= 15 is 0 Å². The lowest BCUT2D eigenvalue weighted by atomic mass is 10.0. The van der Waals surface area contributed by atoms with Crippen LogP contribution in [-0.2, 0) is 4.74 Å². The second-order valence-corrected chi connectivity index (χ2v) is 8.03. The van der Waals surface area contributed by atoms with E-state index in [0.717, 1.165) is 5.69 Å². The lowest BCUT2D eigenvalue weighted by Gasteiger charge is -2.38. The molecule has 0 spiro atoms. The fourth-order valence-corrected chi connectivity index (χ4v) is 3.27. The number of carbonyl (C=O) groups excluding carboxylic acids is 1. The van der Waals surface area contributed by atoms with E-state index in [9.17, 15) is 4.79 Å². The number of thiocarbonyl (C=S) groups is 1. The van der Waals surface area contributed by atoms with Gasteiger partial charge in [0.1, 0.15) is 5.60 Å². The predicted molar refractivity (Wildman–Crippen MR) is 106 cm³/mol. The van der Waals surface area contributed by atoms with E-state index in [0.29, 0.717) is 36.1 Å². The van der Waals surface area contributed by atoms with Crippen molar-refractivity contribution >= 4 is 29.1 Å². The fraction of sp³-hybridized carbons (Fsp3) is 0.556. The lowest BCUT2D eigenvalue weighted by Crippen LogP contribution is -2.59. The Kier molecular flexibility index (Phi) is 5.61. The van der Waals surface area contributed by atoms with Crippen LogP contribution in [0.4, 0.5) is 10.5 Å². The Bertz CT molecular complexity index is 722. The number of piperidine rings is 1. The molecule has 0 bridgehead atoms. The topological polar surface area (TPSA) is 98.1 Å². The Morgan fingerprint density at radius 1 is 1.37 bits per heavy atom. The van der Waals surface area contributed by atoms with Crippen LogP contribution in [0.15, 0.2) is 18.2 Å². The lowest BCUT2D eigenvalue weighted by molar-refractivity contribution is 0.0184. The third-order valence-electron chi connectivity index (χ3n) is 4.27. The Hall–Kier alpha value is -2.26. The highest BCUT2D eigenvalue weighted by Crippen LogP contribution is 2.38. The van der Waals surface area contributed by atoms with Crippen molar-refractivity contribution in [1.82, 2.24) is 10.2 Å². The summed E-state index contributed by atoms with van der Waals surface area (Å²) in [5.41, 5.74) is 6.47. The average molecular weight is 394 g/mol. The third-order valence-corrected chi connectivity index (χ3v) is 4.49. The number of hydrogen-bond acceptors (Lipinski definition) is 6.